The molecule has 0 aliphatic rings. The van der Waals surface area contributed by atoms with Crippen LogP contribution in [0.15, 0.2) is 36.8 Å². The van der Waals surface area contributed by atoms with E-state index in [0.717, 1.165) is 30.8 Å². The third kappa shape index (κ3) is 4.38. The number of imidazole rings is 1. The summed E-state index contributed by atoms with van der Waals surface area (Å²) in [7, 11) is 3.69. The van der Waals surface area contributed by atoms with Crippen molar-refractivity contribution in [1.29, 1.82) is 0 Å². The summed E-state index contributed by atoms with van der Waals surface area (Å²) >= 11 is 0. The number of aryl methyl sites for hydroxylation is 1. The van der Waals surface area contributed by atoms with Gasteiger partial charge in [0.1, 0.15) is 5.75 Å². The lowest BCUT2D eigenvalue weighted by molar-refractivity contribution is 0.414. The van der Waals surface area contributed by atoms with Crippen LogP contribution in [0.4, 0.5) is 0 Å². The summed E-state index contributed by atoms with van der Waals surface area (Å²) in [5, 5.41) is 3.54. The number of benzene rings is 1. The Labute approximate surface area is 120 Å². The Balaban J connectivity index is 1.72. The lowest BCUT2D eigenvalue weighted by atomic mass is 10.1. The number of aromatic nitrogens is 2. The number of rotatable bonds is 7. The molecule has 2 rings (SSSR count). The topological polar surface area (TPSA) is 39.1 Å². The van der Waals surface area contributed by atoms with Crippen LogP contribution in [-0.2, 0) is 19.9 Å². The first-order chi connectivity index (χ1) is 9.67. The van der Waals surface area contributed by atoms with E-state index in [1.807, 2.05) is 30.1 Å². The number of ether oxygens (including phenoxy) is 1. The predicted octanol–water partition coefficient (Wildman–Crippen LogP) is 2.19. The van der Waals surface area contributed by atoms with Crippen LogP contribution in [0.1, 0.15) is 18.2 Å². The SMILES string of the molecule is COc1ccc(CC(C)NCCc2cn(C)cn2)cc1. The van der Waals surface area contributed by atoms with Gasteiger partial charge in [0.15, 0.2) is 0 Å². The second-order valence-corrected chi connectivity index (χ2v) is 5.19. The lowest BCUT2D eigenvalue weighted by Crippen LogP contribution is -2.30. The van der Waals surface area contributed by atoms with Gasteiger partial charge in [-0.15, -0.1) is 0 Å². The molecule has 1 aromatic carbocycles. The van der Waals surface area contributed by atoms with E-state index in [0.29, 0.717) is 6.04 Å². The van der Waals surface area contributed by atoms with E-state index in [4.69, 9.17) is 4.74 Å². The van der Waals surface area contributed by atoms with Crippen LogP contribution in [0.3, 0.4) is 0 Å². The zero-order chi connectivity index (χ0) is 14.4. The van der Waals surface area contributed by atoms with Gasteiger partial charge in [-0.2, -0.15) is 0 Å². The number of nitrogens with zero attached hydrogens (tertiary/aromatic N) is 2. The molecule has 0 radical (unpaired) electrons. The van der Waals surface area contributed by atoms with Gasteiger partial charge < -0.3 is 14.6 Å². The molecule has 1 N–H and O–H groups in total. The highest BCUT2D eigenvalue weighted by molar-refractivity contribution is 5.27. The van der Waals surface area contributed by atoms with Crippen molar-refractivity contribution in [2.24, 2.45) is 7.05 Å². The van der Waals surface area contributed by atoms with Gasteiger partial charge in [0.2, 0.25) is 0 Å². The van der Waals surface area contributed by atoms with E-state index in [1.54, 1.807) is 7.11 Å². The summed E-state index contributed by atoms with van der Waals surface area (Å²) in [6.45, 7) is 3.16. The molecule has 20 heavy (non-hydrogen) atoms. The van der Waals surface area contributed by atoms with Gasteiger partial charge in [-0.25, -0.2) is 4.98 Å². The Morgan fingerprint density at radius 1 is 1.30 bits per heavy atom. The minimum absolute atomic E-state index is 0.451. The summed E-state index contributed by atoms with van der Waals surface area (Å²) in [5.74, 6) is 0.907. The highest BCUT2D eigenvalue weighted by Crippen LogP contribution is 2.12. The Hall–Kier alpha value is -1.81. The average molecular weight is 273 g/mol. The molecular formula is C16H23N3O. The minimum Gasteiger partial charge on any atom is -0.497 e. The molecule has 0 fully saturated rings. The minimum atomic E-state index is 0.451. The standard InChI is InChI=1S/C16H23N3O/c1-13(10-14-4-6-16(20-3)7-5-14)17-9-8-15-11-19(2)12-18-15/h4-7,11-13,17H,8-10H2,1-3H3. The third-order valence-electron chi connectivity index (χ3n) is 3.33. The molecule has 108 valence electrons. The number of methoxy groups -OCH3 is 1. The van der Waals surface area contributed by atoms with Crippen molar-refractivity contribution in [1.82, 2.24) is 14.9 Å². The van der Waals surface area contributed by atoms with E-state index in [1.165, 1.54) is 5.56 Å². The summed E-state index contributed by atoms with van der Waals surface area (Å²) in [6.07, 6.45) is 5.89. The molecule has 0 aliphatic heterocycles. The summed E-state index contributed by atoms with van der Waals surface area (Å²) in [4.78, 5) is 4.32. The summed E-state index contributed by atoms with van der Waals surface area (Å²) < 4.78 is 7.15. The fourth-order valence-corrected chi connectivity index (χ4v) is 2.23. The molecule has 2 aromatic rings. The smallest absolute Gasteiger partial charge is 0.118 e. The second-order valence-electron chi connectivity index (χ2n) is 5.19. The molecule has 4 heteroatoms. The molecular weight excluding hydrogens is 250 g/mol. The van der Waals surface area contributed by atoms with Crippen molar-refractivity contribution in [3.05, 3.63) is 48.0 Å². The van der Waals surface area contributed by atoms with Gasteiger partial charge in [0.05, 0.1) is 19.1 Å². The molecule has 0 saturated heterocycles. The van der Waals surface area contributed by atoms with Gasteiger partial charge in [-0.3, -0.25) is 0 Å². The average Bonchev–Trinajstić information content (AvgIpc) is 2.85. The number of nitrogens with one attached hydrogen (secondary N) is 1. The highest BCUT2D eigenvalue weighted by atomic mass is 16.5. The summed E-state index contributed by atoms with van der Waals surface area (Å²) in [5.41, 5.74) is 2.46. The summed E-state index contributed by atoms with van der Waals surface area (Å²) in [6, 6.07) is 8.71. The Bertz CT molecular complexity index is 519. The van der Waals surface area contributed by atoms with Crippen LogP contribution in [0.5, 0.6) is 5.75 Å². The van der Waals surface area contributed by atoms with Crippen molar-refractivity contribution in [3.8, 4) is 5.75 Å². The van der Waals surface area contributed by atoms with Gasteiger partial charge in [-0.1, -0.05) is 12.1 Å². The van der Waals surface area contributed by atoms with Gasteiger partial charge in [0.25, 0.3) is 0 Å². The predicted molar refractivity (Wildman–Crippen MR) is 81.1 cm³/mol. The maximum atomic E-state index is 5.17. The fourth-order valence-electron chi connectivity index (χ4n) is 2.23. The van der Waals surface area contributed by atoms with Crippen LogP contribution >= 0.6 is 0 Å². The molecule has 1 heterocycles. The molecule has 1 atom stereocenters. The van der Waals surface area contributed by atoms with Gasteiger partial charge in [-0.05, 0) is 31.0 Å². The van der Waals surface area contributed by atoms with Crippen LogP contribution in [-0.4, -0.2) is 29.2 Å². The van der Waals surface area contributed by atoms with Crippen molar-refractivity contribution < 1.29 is 4.74 Å². The molecule has 0 spiro atoms. The lowest BCUT2D eigenvalue weighted by Gasteiger charge is -2.13. The molecule has 0 saturated carbocycles. The number of hydrogen-bond acceptors (Lipinski definition) is 3. The van der Waals surface area contributed by atoms with E-state index in [9.17, 15) is 0 Å². The van der Waals surface area contributed by atoms with E-state index >= 15 is 0 Å². The van der Waals surface area contributed by atoms with E-state index in [-0.39, 0.29) is 0 Å². The van der Waals surface area contributed by atoms with Crippen molar-refractivity contribution in [2.75, 3.05) is 13.7 Å². The zero-order valence-corrected chi connectivity index (χ0v) is 12.5. The Morgan fingerprint density at radius 2 is 2.05 bits per heavy atom. The molecule has 0 amide bonds. The van der Waals surface area contributed by atoms with Crippen molar-refractivity contribution in [3.63, 3.8) is 0 Å². The van der Waals surface area contributed by atoms with Gasteiger partial charge >= 0.3 is 0 Å². The monoisotopic (exact) mass is 273 g/mol. The number of hydrogen-bond donors (Lipinski definition) is 1. The van der Waals surface area contributed by atoms with Crippen molar-refractivity contribution in [2.45, 2.75) is 25.8 Å². The zero-order valence-electron chi connectivity index (χ0n) is 12.5. The maximum absolute atomic E-state index is 5.17. The normalized spacial score (nSPS) is 12.3. The highest BCUT2D eigenvalue weighted by Gasteiger charge is 2.04. The van der Waals surface area contributed by atoms with E-state index in [2.05, 4.69) is 35.6 Å². The largest absolute Gasteiger partial charge is 0.497 e. The van der Waals surface area contributed by atoms with Crippen LogP contribution in [0, 0.1) is 0 Å². The quantitative estimate of drug-likeness (QED) is 0.840. The Kier molecular flexibility index (Phi) is 5.18. The molecule has 1 unspecified atom stereocenters. The molecule has 0 bridgehead atoms. The molecule has 0 aliphatic carbocycles. The second kappa shape index (κ2) is 7.10. The molecule has 1 aromatic heterocycles. The Morgan fingerprint density at radius 3 is 2.65 bits per heavy atom. The first-order valence-electron chi connectivity index (χ1n) is 7.00. The third-order valence-corrected chi connectivity index (χ3v) is 3.33. The fraction of sp³-hybridized carbons (Fsp3) is 0.438. The van der Waals surface area contributed by atoms with Crippen LogP contribution in [0.25, 0.3) is 0 Å². The van der Waals surface area contributed by atoms with Crippen molar-refractivity contribution >= 4 is 0 Å². The molecule has 4 nitrogen and oxygen atoms in total. The first kappa shape index (κ1) is 14.6. The van der Waals surface area contributed by atoms with E-state index < -0.39 is 0 Å². The maximum Gasteiger partial charge on any atom is 0.118 e. The van der Waals surface area contributed by atoms with Gasteiger partial charge in [0, 0.05) is 32.3 Å². The first-order valence-corrected chi connectivity index (χ1v) is 7.00. The van der Waals surface area contributed by atoms with Crippen LogP contribution in [0.2, 0.25) is 0 Å². The van der Waals surface area contributed by atoms with Crippen LogP contribution < -0.4 is 10.1 Å².